The van der Waals surface area contributed by atoms with E-state index < -0.39 is 4.92 Å². The number of hydrogen-bond donors (Lipinski definition) is 2. The quantitative estimate of drug-likeness (QED) is 0.611. The highest BCUT2D eigenvalue weighted by molar-refractivity contribution is 5.64. The van der Waals surface area contributed by atoms with Gasteiger partial charge in [0.1, 0.15) is 5.69 Å². The van der Waals surface area contributed by atoms with Crippen molar-refractivity contribution in [1.29, 1.82) is 5.26 Å². The lowest BCUT2D eigenvalue weighted by atomic mass is 10.1. The molecule has 6 heteroatoms. The van der Waals surface area contributed by atoms with Gasteiger partial charge in [-0.25, -0.2) is 0 Å². The summed E-state index contributed by atoms with van der Waals surface area (Å²) in [6, 6.07) is 6.06. The zero-order valence-electron chi connectivity index (χ0n) is 10.4. The topological polar surface area (TPSA) is 105 Å². The number of nitrogens with one attached hydrogen (secondary N) is 1. The molecule has 0 saturated heterocycles. The van der Waals surface area contributed by atoms with Gasteiger partial charge in [-0.3, -0.25) is 10.1 Å². The third kappa shape index (κ3) is 3.43. The zero-order chi connectivity index (χ0) is 13.7. The number of nitro groups is 1. The molecule has 1 aromatic rings. The van der Waals surface area contributed by atoms with Crippen molar-refractivity contribution in [3.05, 3.63) is 33.9 Å². The van der Waals surface area contributed by atoms with Gasteiger partial charge in [0, 0.05) is 18.7 Å². The number of nitrogens with zero attached hydrogens (tertiary/aromatic N) is 2. The summed E-state index contributed by atoms with van der Waals surface area (Å²) in [5.41, 5.74) is 6.52. The molecule has 0 fully saturated rings. The van der Waals surface area contributed by atoms with Gasteiger partial charge in [-0.2, -0.15) is 5.26 Å². The summed E-state index contributed by atoms with van der Waals surface area (Å²) in [5, 5.41) is 22.6. The summed E-state index contributed by atoms with van der Waals surface area (Å²) < 4.78 is 0. The summed E-state index contributed by atoms with van der Waals surface area (Å²) in [4.78, 5) is 10.4. The molecule has 0 amide bonds. The molecule has 3 N–H and O–H groups in total. The molecule has 0 aliphatic carbocycles. The lowest BCUT2D eigenvalue weighted by Gasteiger charge is -2.17. The fourth-order valence-electron chi connectivity index (χ4n) is 1.37. The van der Waals surface area contributed by atoms with Crippen LogP contribution in [0.2, 0.25) is 0 Å². The van der Waals surface area contributed by atoms with Crippen molar-refractivity contribution in [2.45, 2.75) is 19.9 Å². The number of rotatable bonds is 5. The highest BCUT2D eigenvalue weighted by Crippen LogP contribution is 2.25. The lowest BCUT2D eigenvalue weighted by Crippen LogP contribution is -2.34. The van der Waals surface area contributed by atoms with Gasteiger partial charge >= 0.3 is 0 Å². The molecule has 6 nitrogen and oxygen atoms in total. The standard InChI is InChI=1S/C12H16N4O2/c1-8(2)10(14)7-15-11-5-9(6-13)3-4-12(11)16(17)18/h3-5,8,10,15H,7,14H2,1-2H3. The van der Waals surface area contributed by atoms with E-state index in [1.165, 1.54) is 18.2 Å². The predicted octanol–water partition coefficient (Wildman–Crippen LogP) is 1.86. The van der Waals surface area contributed by atoms with Crippen LogP contribution < -0.4 is 11.1 Å². The van der Waals surface area contributed by atoms with E-state index in [9.17, 15) is 10.1 Å². The second-order valence-electron chi connectivity index (χ2n) is 4.39. The largest absolute Gasteiger partial charge is 0.378 e. The van der Waals surface area contributed by atoms with E-state index in [1.54, 1.807) is 0 Å². The molecule has 18 heavy (non-hydrogen) atoms. The van der Waals surface area contributed by atoms with Crippen LogP contribution in [-0.2, 0) is 0 Å². The molecule has 0 bridgehead atoms. The van der Waals surface area contributed by atoms with Gasteiger partial charge in [0.2, 0.25) is 0 Å². The Morgan fingerprint density at radius 3 is 2.72 bits per heavy atom. The Bertz CT molecular complexity index is 479. The minimum atomic E-state index is -0.482. The van der Waals surface area contributed by atoms with Gasteiger partial charge in [-0.05, 0) is 18.1 Å². The Hall–Kier alpha value is -2.13. The van der Waals surface area contributed by atoms with Crippen LogP contribution in [0.4, 0.5) is 11.4 Å². The Balaban J connectivity index is 2.92. The van der Waals surface area contributed by atoms with Crippen LogP contribution >= 0.6 is 0 Å². The average molecular weight is 248 g/mol. The number of anilines is 1. The molecule has 0 heterocycles. The van der Waals surface area contributed by atoms with Crippen LogP contribution in [0.1, 0.15) is 19.4 Å². The molecule has 1 aromatic carbocycles. The highest BCUT2D eigenvalue weighted by atomic mass is 16.6. The number of benzene rings is 1. The molecule has 1 atom stereocenters. The third-order valence-corrected chi connectivity index (χ3v) is 2.71. The molecule has 96 valence electrons. The van der Waals surface area contributed by atoms with Crippen molar-refractivity contribution < 1.29 is 4.92 Å². The highest BCUT2D eigenvalue weighted by Gasteiger charge is 2.15. The van der Waals surface area contributed by atoms with Crippen molar-refractivity contribution in [1.82, 2.24) is 0 Å². The Morgan fingerprint density at radius 2 is 2.22 bits per heavy atom. The fraction of sp³-hybridized carbons (Fsp3) is 0.417. The van der Waals surface area contributed by atoms with Crippen LogP contribution in [-0.4, -0.2) is 17.5 Å². The van der Waals surface area contributed by atoms with Crippen LogP contribution in [0.5, 0.6) is 0 Å². The minimum Gasteiger partial charge on any atom is -0.378 e. The summed E-state index contributed by atoms with van der Waals surface area (Å²) in [6.07, 6.45) is 0. The maximum Gasteiger partial charge on any atom is 0.292 e. The third-order valence-electron chi connectivity index (χ3n) is 2.71. The van der Waals surface area contributed by atoms with E-state index in [2.05, 4.69) is 5.32 Å². The zero-order valence-corrected chi connectivity index (χ0v) is 10.4. The van der Waals surface area contributed by atoms with E-state index in [0.717, 1.165) is 0 Å². The number of hydrogen-bond acceptors (Lipinski definition) is 5. The first-order valence-corrected chi connectivity index (χ1v) is 5.63. The maximum absolute atomic E-state index is 10.9. The number of nitrogens with two attached hydrogens (primary N) is 1. The van der Waals surface area contributed by atoms with Gasteiger partial charge in [-0.15, -0.1) is 0 Å². The minimum absolute atomic E-state index is 0.0510. The fourth-order valence-corrected chi connectivity index (χ4v) is 1.37. The summed E-state index contributed by atoms with van der Waals surface area (Å²) in [7, 11) is 0. The smallest absolute Gasteiger partial charge is 0.292 e. The van der Waals surface area contributed by atoms with Crippen molar-refractivity contribution in [3.8, 4) is 6.07 Å². The van der Waals surface area contributed by atoms with E-state index >= 15 is 0 Å². The van der Waals surface area contributed by atoms with Crippen LogP contribution in [0, 0.1) is 27.4 Å². The summed E-state index contributed by atoms with van der Waals surface area (Å²) >= 11 is 0. The molecule has 0 aliphatic heterocycles. The summed E-state index contributed by atoms with van der Waals surface area (Å²) in [5.74, 6) is 0.274. The molecule has 0 radical (unpaired) electrons. The Labute approximate surface area is 106 Å². The van der Waals surface area contributed by atoms with Crippen molar-refractivity contribution in [3.63, 3.8) is 0 Å². The first kappa shape index (κ1) is 13.9. The van der Waals surface area contributed by atoms with E-state index in [-0.39, 0.29) is 17.6 Å². The average Bonchev–Trinajstić information content (AvgIpc) is 2.34. The maximum atomic E-state index is 10.9. The van der Waals surface area contributed by atoms with Crippen LogP contribution in [0.15, 0.2) is 18.2 Å². The molecule has 0 aromatic heterocycles. The van der Waals surface area contributed by atoms with Crippen LogP contribution in [0.25, 0.3) is 0 Å². The lowest BCUT2D eigenvalue weighted by molar-refractivity contribution is -0.384. The Kier molecular flexibility index (Phi) is 4.63. The Morgan fingerprint density at radius 1 is 1.56 bits per heavy atom. The van der Waals surface area contributed by atoms with Crippen LogP contribution in [0.3, 0.4) is 0 Å². The van der Waals surface area contributed by atoms with Crippen molar-refractivity contribution in [2.24, 2.45) is 11.7 Å². The van der Waals surface area contributed by atoms with Gasteiger partial charge in [0.05, 0.1) is 16.6 Å². The second kappa shape index (κ2) is 5.98. The summed E-state index contributed by atoms with van der Waals surface area (Å²) in [6.45, 7) is 4.38. The second-order valence-corrected chi connectivity index (χ2v) is 4.39. The molecule has 0 aliphatic rings. The van der Waals surface area contributed by atoms with Gasteiger partial charge < -0.3 is 11.1 Å². The molecule has 0 spiro atoms. The normalized spacial score (nSPS) is 11.9. The first-order valence-electron chi connectivity index (χ1n) is 5.63. The van der Waals surface area contributed by atoms with Crippen molar-refractivity contribution >= 4 is 11.4 Å². The molecular formula is C12H16N4O2. The molecule has 1 rings (SSSR count). The first-order chi connectivity index (χ1) is 8.45. The SMILES string of the molecule is CC(C)C(N)CNc1cc(C#N)ccc1[N+](=O)[O-]. The predicted molar refractivity (Wildman–Crippen MR) is 69.1 cm³/mol. The van der Waals surface area contributed by atoms with E-state index in [1.807, 2.05) is 19.9 Å². The monoisotopic (exact) mass is 248 g/mol. The van der Waals surface area contributed by atoms with E-state index in [0.29, 0.717) is 17.8 Å². The van der Waals surface area contributed by atoms with Gasteiger partial charge in [-0.1, -0.05) is 13.8 Å². The molecular weight excluding hydrogens is 232 g/mol. The van der Waals surface area contributed by atoms with E-state index in [4.69, 9.17) is 11.0 Å². The molecule has 1 unspecified atom stereocenters. The number of nitriles is 1. The van der Waals surface area contributed by atoms with Gasteiger partial charge in [0.15, 0.2) is 0 Å². The van der Waals surface area contributed by atoms with Gasteiger partial charge in [0.25, 0.3) is 5.69 Å². The van der Waals surface area contributed by atoms with Crippen molar-refractivity contribution in [2.75, 3.05) is 11.9 Å². The molecule has 0 saturated carbocycles. The number of nitro benzene ring substituents is 1.